The van der Waals surface area contributed by atoms with E-state index in [9.17, 15) is 4.79 Å². The van der Waals surface area contributed by atoms with E-state index in [-0.39, 0.29) is 18.1 Å². The van der Waals surface area contributed by atoms with Gasteiger partial charge in [0.05, 0.1) is 12.6 Å². The lowest BCUT2D eigenvalue weighted by molar-refractivity contribution is -0.119. The van der Waals surface area contributed by atoms with Crippen molar-refractivity contribution in [3.05, 3.63) is 0 Å². The molecule has 1 aliphatic rings. The minimum absolute atomic E-state index is 0.0158. The van der Waals surface area contributed by atoms with Crippen molar-refractivity contribution in [2.45, 2.75) is 25.5 Å². The van der Waals surface area contributed by atoms with Crippen LogP contribution in [0.5, 0.6) is 0 Å². The fraction of sp³-hybridized carbons (Fsp3) is 0.700. The summed E-state index contributed by atoms with van der Waals surface area (Å²) >= 11 is 0. The Morgan fingerprint density at radius 1 is 1.64 bits per heavy atom. The lowest BCUT2D eigenvalue weighted by Crippen LogP contribution is -2.49. The minimum atomic E-state index is -0.249. The molecule has 14 heavy (non-hydrogen) atoms. The van der Waals surface area contributed by atoms with Gasteiger partial charge in [-0.1, -0.05) is 5.92 Å². The Bertz CT molecular complexity index is 254. The van der Waals surface area contributed by atoms with E-state index < -0.39 is 0 Å². The molecule has 1 fully saturated rings. The minimum Gasteiger partial charge on any atom is -0.379 e. The molecule has 4 heteroatoms. The number of hydrogen-bond acceptors (Lipinski definition) is 3. The Kier molecular flexibility index (Phi) is 4.44. The fourth-order valence-electron chi connectivity index (χ4n) is 1.43. The topological polar surface area (TPSA) is 47.6 Å². The van der Waals surface area contributed by atoms with Crippen LogP contribution < -0.4 is 5.32 Å². The molecule has 0 aromatic rings. The molecule has 4 nitrogen and oxygen atoms in total. The molecule has 0 saturated carbocycles. The first-order valence-corrected chi connectivity index (χ1v) is 4.61. The van der Waals surface area contributed by atoms with Crippen LogP contribution in [0.2, 0.25) is 0 Å². The molecule has 0 aromatic carbocycles. The summed E-state index contributed by atoms with van der Waals surface area (Å²) in [5.74, 6) is 4.75. The number of rotatable bonds is 2. The van der Waals surface area contributed by atoms with Gasteiger partial charge in [-0.2, -0.15) is 0 Å². The molecule has 0 spiro atoms. The number of hydrogen-bond donors (Lipinski definition) is 1. The Morgan fingerprint density at radius 2 is 2.43 bits per heavy atom. The molecule has 1 heterocycles. The van der Waals surface area contributed by atoms with Crippen LogP contribution in [0.25, 0.3) is 0 Å². The molecule has 2 unspecified atom stereocenters. The van der Waals surface area contributed by atoms with Crippen LogP contribution in [0, 0.1) is 11.8 Å². The third kappa shape index (κ3) is 3.02. The van der Waals surface area contributed by atoms with Crippen molar-refractivity contribution in [2.75, 3.05) is 20.3 Å². The first-order valence-electron chi connectivity index (χ1n) is 4.61. The van der Waals surface area contributed by atoms with E-state index in [0.717, 1.165) is 6.42 Å². The van der Waals surface area contributed by atoms with Crippen LogP contribution in [-0.2, 0) is 14.3 Å². The van der Waals surface area contributed by atoms with E-state index >= 15 is 0 Å². The predicted molar refractivity (Wildman–Crippen MR) is 51.6 cm³/mol. The molecule has 1 rings (SSSR count). The van der Waals surface area contributed by atoms with E-state index in [0.29, 0.717) is 13.2 Å². The number of nitrogens with one attached hydrogen (secondary N) is 1. The first kappa shape index (κ1) is 11.0. The zero-order valence-corrected chi connectivity index (χ0v) is 8.50. The molecular weight excluding hydrogens is 182 g/mol. The number of carbonyl (C=O) groups is 1. The van der Waals surface area contributed by atoms with Gasteiger partial charge in [0, 0.05) is 13.7 Å². The SMILES string of the molecule is CC#CC(=O)NC1CCOCC1OC. The van der Waals surface area contributed by atoms with Gasteiger partial charge in [-0.3, -0.25) is 4.79 Å². The zero-order valence-electron chi connectivity index (χ0n) is 8.50. The summed E-state index contributed by atoms with van der Waals surface area (Å²) in [7, 11) is 1.62. The van der Waals surface area contributed by atoms with Gasteiger partial charge in [0.25, 0.3) is 5.91 Å². The molecule has 1 aliphatic heterocycles. The monoisotopic (exact) mass is 197 g/mol. The third-order valence-corrected chi connectivity index (χ3v) is 2.16. The lowest BCUT2D eigenvalue weighted by Gasteiger charge is -2.30. The van der Waals surface area contributed by atoms with Crippen molar-refractivity contribution in [1.29, 1.82) is 0 Å². The maximum Gasteiger partial charge on any atom is 0.296 e. The van der Waals surface area contributed by atoms with Gasteiger partial charge in [0.15, 0.2) is 0 Å². The van der Waals surface area contributed by atoms with Gasteiger partial charge in [-0.05, 0) is 19.3 Å². The van der Waals surface area contributed by atoms with E-state index in [1.807, 2.05) is 0 Å². The largest absolute Gasteiger partial charge is 0.379 e. The van der Waals surface area contributed by atoms with Gasteiger partial charge in [0.1, 0.15) is 6.10 Å². The molecule has 78 valence electrons. The van der Waals surface area contributed by atoms with Gasteiger partial charge >= 0.3 is 0 Å². The standard InChI is InChI=1S/C10H15NO3/c1-3-4-10(12)11-8-5-6-14-7-9(8)13-2/h8-9H,5-7H2,1-2H3,(H,11,12). The second kappa shape index (κ2) is 5.63. The summed E-state index contributed by atoms with van der Waals surface area (Å²) in [6.07, 6.45) is 0.710. The second-order valence-corrected chi connectivity index (χ2v) is 3.09. The van der Waals surface area contributed by atoms with Crippen LogP contribution in [0.1, 0.15) is 13.3 Å². The highest BCUT2D eigenvalue weighted by Gasteiger charge is 2.26. The molecule has 2 atom stereocenters. The van der Waals surface area contributed by atoms with E-state index in [4.69, 9.17) is 9.47 Å². The van der Waals surface area contributed by atoms with E-state index in [1.54, 1.807) is 14.0 Å². The molecule has 0 bridgehead atoms. The van der Waals surface area contributed by atoms with Crippen molar-refractivity contribution in [3.63, 3.8) is 0 Å². The Labute approximate surface area is 84.0 Å². The van der Waals surface area contributed by atoms with Crippen molar-refractivity contribution in [1.82, 2.24) is 5.32 Å². The Morgan fingerprint density at radius 3 is 3.07 bits per heavy atom. The van der Waals surface area contributed by atoms with E-state index in [1.165, 1.54) is 0 Å². The quantitative estimate of drug-likeness (QED) is 0.630. The fourth-order valence-corrected chi connectivity index (χ4v) is 1.43. The second-order valence-electron chi connectivity index (χ2n) is 3.09. The summed E-state index contributed by atoms with van der Waals surface area (Å²) in [4.78, 5) is 11.2. The molecular formula is C10H15NO3. The third-order valence-electron chi connectivity index (χ3n) is 2.16. The highest BCUT2D eigenvalue weighted by molar-refractivity contribution is 5.93. The predicted octanol–water partition coefficient (Wildman–Crippen LogP) is -0.0702. The molecule has 0 aromatic heterocycles. The maximum absolute atomic E-state index is 11.2. The van der Waals surface area contributed by atoms with Crippen molar-refractivity contribution < 1.29 is 14.3 Å². The smallest absolute Gasteiger partial charge is 0.296 e. The van der Waals surface area contributed by atoms with Crippen LogP contribution in [0.15, 0.2) is 0 Å². The number of methoxy groups -OCH3 is 1. The van der Waals surface area contributed by atoms with Crippen LogP contribution in [0.3, 0.4) is 0 Å². The van der Waals surface area contributed by atoms with E-state index in [2.05, 4.69) is 17.2 Å². The summed E-state index contributed by atoms with van der Waals surface area (Å²) in [5, 5.41) is 2.80. The highest BCUT2D eigenvalue weighted by Crippen LogP contribution is 2.10. The summed E-state index contributed by atoms with van der Waals surface area (Å²) < 4.78 is 10.4. The normalized spacial score (nSPS) is 26.1. The molecule has 0 aliphatic carbocycles. The zero-order chi connectivity index (χ0) is 10.4. The van der Waals surface area contributed by atoms with Gasteiger partial charge in [-0.25, -0.2) is 0 Å². The van der Waals surface area contributed by atoms with Crippen molar-refractivity contribution in [3.8, 4) is 11.8 Å². The number of carbonyl (C=O) groups excluding carboxylic acids is 1. The highest BCUT2D eigenvalue weighted by atomic mass is 16.5. The van der Waals surface area contributed by atoms with Gasteiger partial charge < -0.3 is 14.8 Å². The maximum atomic E-state index is 11.2. The van der Waals surface area contributed by atoms with Gasteiger partial charge in [-0.15, -0.1) is 0 Å². The first-order chi connectivity index (χ1) is 6.77. The van der Waals surface area contributed by atoms with Crippen molar-refractivity contribution in [2.24, 2.45) is 0 Å². The molecule has 1 saturated heterocycles. The average Bonchev–Trinajstić information content (AvgIpc) is 2.19. The Balaban J connectivity index is 2.46. The van der Waals surface area contributed by atoms with Crippen LogP contribution in [0.4, 0.5) is 0 Å². The van der Waals surface area contributed by atoms with Crippen LogP contribution >= 0.6 is 0 Å². The summed E-state index contributed by atoms with van der Waals surface area (Å²) in [6, 6.07) is 0.0158. The van der Waals surface area contributed by atoms with Crippen LogP contribution in [-0.4, -0.2) is 38.4 Å². The van der Waals surface area contributed by atoms with Crippen molar-refractivity contribution >= 4 is 5.91 Å². The molecule has 0 radical (unpaired) electrons. The average molecular weight is 197 g/mol. The Hall–Kier alpha value is -1.05. The van der Waals surface area contributed by atoms with Gasteiger partial charge in [0.2, 0.25) is 0 Å². The number of amides is 1. The summed E-state index contributed by atoms with van der Waals surface area (Å²) in [6.45, 7) is 2.82. The summed E-state index contributed by atoms with van der Waals surface area (Å²) in [5.41, 5.74) is 0. The number of ether oxygens (including phenoxy) is 2. The molecule has 1 amide bonds. The molecule has 1 N–H and O–H groups in total. The lowest BCUT2D eigenvalue weighted by atomic mass is 10.1.